The molecule has 5 nitrogen and oxygen atoms in total. The first-order valence-corrected chi connectivity index (χ1v) is 10.8. The fourth-order valence-corrected chi connectivity index (χ4v) is 5.00. The third-order valence-corrected chi connectivity index (χ3v) is 6.66. The van der Waals surface area contributed by atoms with Gasteiger partial charge in [-0.25, -0.2) is 14.4 Å². The largest absolute Gasteiger partial charge is 0.506 e. The Bertz CT molecular complexity index is 1330. The van der Waals surface area contributed by atoms with E-state index < -0.39 is 47.1 Å². The lowest BCUT2D eigenvalue weighted by Crippen LogP contribution is -2.65. The van der Waals surface area contributed by atoms with Crippen LogP contribution in [0, 0.1) is 12.7 Å². The van der Waals surface area contributed by atoms with Gasteiger partial charge in [-0.3, -0.25) is 0 Å². The van der Waals surface area contributed by atoms with Gasteiger partial charge in [-0.1, -0.05) is 31.5 Å². The summed E-state index contributed by atoms with van der Waals surface area (Å²) in [5.41, 5.74) is -5.76. The molecule has 0 radical (unpaired) electrons. The summed E-state index contributed by atoms with van der Waals surface area (Å²) in [6.45, 7) is 4.13. The fourth-order valence-electron chi connectivity index (χ4n) is 4.85. The number of hydrogen-bond donors (Lipinski definition) is 3. The van der Waals surface area contributed by atoms with Crippen LogP contribution in [0.5, 0.6) is 5.75 Å². The summed E-state index contributed by atoms with van der Waals surface area (Å²) in [4.78, 5) is 7.93. The van der Waals surface area contributed by atoms with Crippen LogP contribution in [0.2, 0.25) is 5.02 Å². The third-order valence-electron chi connectivity index (χ3n) is 6.36. The summed E-state index contributed by atoms with van der Waals surface area (Å²) >= 11 is 6.01. The maximum Gasteiger partial charge on any atom is 0.456 e. The number of aliphatic hydroxyl groups is 1. The predicted molar refractivity (Wildman–Crippen MR) is 117 cm³/mol. The molecule has 1 aliphatic rings. The normalized spacial score (nSPS) is 22.2. The van der Waals surface area contributed by atoms with Crippen LogP contribution in [0.25, 0.3) is 10.9 Å². The van der Waals surface area contributed by atoms with Gasteiger partial charge in [-0.2, -0.15) is 22.0 Å². The molecule has 188 valence electrons. The highest BCUT2D eigenvalue weighted by Crippen LogP contribution is 2.60. The number of fused-ring (bicyclic) bond motifs is 2. The van der Waals surface area contributed by atoms with E-state index in [-0.39, 0.29) is 38.6 Å². The van der Waals surface area contributed by atoms with Crippen molar-refractivity contribution < 1.29 is 36.6 Å². The topological polar surface area (TPSA) is 78.3 Å². The first-order chi connectivity index (χ1) is 16.0. The van der Waals surface area contributed by atoms with E-state index in [9.17, 15) is 27.8 Å². The van der Waals surface area contributed by atoms with Crippen molar-refractivity contribution in [1.82, 2.24) is 9.97 Å². The molecule has 0 bridgehead atoms. The predicted octanol–water partition coefficient (Wildman–Crippen LogP) is 6.20. The zero-order chi connectivity index (χ0) is 26.1. The van der Waals surface area contributed by atoms with E-state index in [0.29, 0.717) is 0 Å². The number of anilines is 1. The van der Waals surface area contributed by atoms with Crippen molar-refractivity contribution in [3.63, 3.8) is 0 Å². The second-order valence-electron chi connectivity index (χ2n) is 9.27. The van der Waals surface area contributed by atoms with Crippen LogP contribution in [0.15, 0.2) is 30.5 Å². The quantitative estimate of drug-likeness (QED) is 0.359. The van der Waals surface area contributed by atoms with Crippen molar-refractivity contribution >= 4 is 28.2 Å². The van der Waals surface area contributed by atoms with E-state index in [2.05, 4.69) is 15.3 Å². The van der Waals surface area contributed by atoms with Crippen LogP contribution in [-0.4, -0.2) is 37.9 Å². The number of aryl methyl sites for hydroxylation is 1. The van der Waals surface area contributed by atoms with Gasteiger partial charge in [0.2, 0.25) is 0 Å². The molecule has 2 atom stereocenters. The Morgan fingerprint density at radius 2 is 1.77 bits per heavy atom. The molecule has 0 saturated heterocycles. The van der Waals surface area contributed by atoms with Gasteiger partial charge in [-0.05, 0) is 42.5 Å². The first-order valence-electron chi connectivity index (χ1n) is 10.4. The van der Waals surface area contributed by atoms with E-state index in [4.69, 9.17) is 11.6 Å². The van der Waals surface area contributed by atoms with Gasteiger partial charge in [0, 0.05) is 22.8 Å². The average Bonchev–Trinajstić information content (AvgIpc) is 2.73. The SMILES string of the molecule is Cc1ncc2c(N[C@@H]3c4ccc(Cl)c(O)c4C(C)(C)C[C@]3(O)C(F)(F)C(F)(F)F)ccc(F)c2n1. The van der Waals surface area contributed by atoms with Gasteiger partial charge >= 0.3 is 12.1 Å². The molecular formula is C23H20ClF6N3O2. The maximum absolute atomic E-state index is 15.0. The number of halogens is 7. The van der Waals surface area contributed by atoms with Crippen LogP contribution in [-0.2, 0) is 5.41 Å². The summed E-state index contributed by atoms with van der Waals surface area (Å²) in [6.07, 6.45) is -6.01. The fraction of sp³-hybridized carbons (Fsp3) is 0.391. The monoisotopic (exact) mass is 519 g/mol. The number of nitrogens with one attached hydrogen (secondary N) is 1. The first kappa shape index (κ1) is 25.3. The summed E-state index contributed by atoms with van der Waals surface area (Å²) < 4.78 is 85.3. The van der Waals surface area contributed by atoms with Gasteiger partial charge in [0.15, 0.2) is 5.60 Å². The van der Waals surface area contributed by atoms with Crippen molar-refractivity contribution in [2.45, 2.75) is 56.3 Å². The summed E-state index contributed by atoms with van der Waals surface area (Å²) in [6, 6.07) is 2.29. The molecule has 0 unspecified atom stereocenters. The number of aromatic hydroxyl groups is 1. The number of rotatable bonds is 3. The number of hydrogen-bond acceptors (Lipinski definition) is 5. The van der Waals surface area contributed by atoms with Crippen LogP contribution in [0.3, 0.4) is 0 Å². The highest BCUT2D eigenvalue weighted by molar-refractivity contribution is 6.32. The molecule has 3 aromatic rings. The molecule has 2 aromatic carbocycles. The average molecular weight is 520 g/mol. The van der Waals surface area contributed by atoms with E-state index in [1.807, 2.05) is 0 Å². The Kier molecular flexibility index (Phi) is 5.68. The standard InChI is InChI=1S/C23H20ClF6N3O2/c1-10-31-8-12-15(7-6-14(25)17(12)32-10)33-19-11-4-5-13(24)18(34)16(11)20(2,3)9-21(19,35)22(26,27)23(28,29)30/h4-8,19,33-35H,9H2,1-3H3/t19-,21-/m1/s1. The molecule has 3 N–H and O–H groups in total. The highest BCUT2D eigenvalue weighted by atomic mass is 35.5. The Morgan fingerprint density at radius 1 is 1.11 bits per heavy atom. The van der Waals surface area contributed by atoms with E-state index in [0.717, 1.165) is 18.2 Å². The zero-order valence-corrected chi connectivity index (χ0v) is 19.4. The third kappa shape index (κ3) is 3.76. The molecule has 0 saturated carbocycles. The Hall–Kier alpha value is -2.79. The van der Waals surface area contributed by atoms with Crippen molar-refractivity contribution in [1.29, 1.82) is 0 Å². The molecule has 0 fully saturated rings. The van der Waals surface area contributed by atoms with E-state index in [1.165, 1.54) is 33.0 Å². The van der Waals surface area contributed by atoms with Crippen LogP contribution in [0.1, 0.15) is 43.3 Å². The highest BCUT2D eigenvalue weighted by Gasteiger charge is 2.74. The van der Waals surface area contributed by atoms with E-state index >= 15 is 8.78 Å². The summed E-state index contributed by atoms with van der Waals surface area (Å²) in [5, 5.41) is 24.2. The van der Waals surface area contributed by atoms with Gasteiger partial charge in [0.05, 0.1) is 11.1 Å². The minimum absolute atomic E-state index is 0.00200. The summed E-state index contributed by atoms with van der Waals surface area (Å²) in [7, 11) is 0. The molecule has 35 heavy (non-hydrogen) atoms. The number of nitrogens with zero attached hydrogens (tertiary/aromatic N) is 2. The molecule has 1 heterocycles. The molecule has 1 aromatic heterocycles. The molecule has 0 spiro atoms. The molecule has 4 rings (SSSR count). The minimum atomic E-state index is -6.10. The number of phenolic OH excluding ortho intramolecular Hbond substituents is 1. The minimum Gasteiger partial charge on any atom is -0.506 e. The number of aromatic nitrogens is 2. The molecule has 12 heteroatoms. The smallest absolute Gasteiger partial charge is 0.456 e. The summed E-state index contributed by atoms with van der Waals surface area (Å²) in [5.74, 6) is -6.63. The maximum atomic E-state index is 15.0. The van der Waals surface area contributed by atoms with E-state index in [1.54, 1.807) is 0 Å². The Morgan fingerprint density at radius 3 is 2.40 bits per heavy atom. The van der Waals surface area contributed by atoms with Gasteiger partial charge in [0.25, 0.3) is 0 Å². The van der Waals surface area contributed by atoms with Gasteiger partial charge in [-0.15, -0.1) is 0 Å². The second kappa shape index (κ2) is 7.86. The van der Waals surface area contributed by atoms with Gasteiger partial charge in [0.1, 0.15) is 22.9 Å². The molecule has 1 aliphatic carbocycles. The number of alkyl halides is 5. The van der Waals surface area contributed by atoms with Gasteiger partial charge < -0.3 is 15.5 Å². The molecular weight excluding hydrogens is 500 g/mol. The van der Waals surface area contributed by atoms with Crippen molar-refractivity contribution in [3.05, 3.63) is 58.3 Å². The number of phenols is 1. The second-order valence-corrected chi connectivity index (χ2v) is 9.68. The Labute approximate surface area is 200 Å². The van der Waals surface area contributed by atoms with Crippen molar-refractivity contribution in [2.24, 2.45) is 0 Å². The number of benzene rings is 2. The Balaban J connectivity index is 2.01. The van der Waals surface area contributed by atoms with Crippen LogP contribution >= 0.6 is 11.6 Å². The lowest BCUT2D eigenvalue weighted by atomic mass is 9.61. The molecule has 0 aliphatic heterocycles. The van der Waals surface area contributed by atoms with Crippen molar-refractivity contribution in [3.8, 4) is 5.75 Å². The zero-order valence-electron chi connectivity index (χ0n) is 18.6. The van der Waals surface area contributed by atoms with Crippen LogP contribution < -0.4 is 5.32 Å². The van der Waals surface area contributed by atoms with Crippen LogP contribution in [0.4, 0.5) is 32.0 Å². The van der Waals surface area contributed by atoms with Crippen molar-refractivity contribution in [2.75, 3.05) is 5.32 Å². The lowest BCUT2D eigenvalue weighted by molar-refractivity contribution is -0.349. The molecule has 0 amide bonds. The lowest BCUT2D eigenvalue weighted by Gasteiger charge is -2.51.